The fourth-order valence-electron chi connectivity index (χ4n) is 1.69. The Morgan fingerprint density at radius 3 is 2.55 bits per heavy atom. The molecule has 0 aromatic heterocycles. The predicted molar refractivity (Wildman–Crippen MR) is 82.3 cm³/mol. The Kier molecular flexibility index (Phi) is 8.03. The maximum Gasteiger partial charge on any atom is 0.251 e. The Morgan fingerprint density at radius 1 is 1.14 bits per heavy atom. The normalized spacial score (nSPS) is 11.4. The van der Waals surface area contributed by atoms with Crippen molar-refractivity contribution in [2.24, 2.45) is 0 Å². The van der Waals surface area contributed by atoms with E-state index in [0.29, 0.717) is 25.1 Å². The molecule has 0 saturated carbocycles. The van der Waals surface area contributed by atoms with Crippen LogP contribution in [0.5, 0.6) is 0 Å². The van der Waals surface area contributed by atoms with Gasteiger partial charge in [0.1, 0.15) is 0 Å². The van der Waals surface area contributed by atoms with Crippen molar-refractivity contribution in [2.45, 2.75) is 11.3 Å². The van der Waals surface area contributed by atoms with Gasteiger partial charge < -0.3 is 14.8 Å². The standard InChI is InChI=1S/C14H22N2O5S/c1-20-9-4-7-15-14(17)12-5-3-6-13(11-12)22(18,19)16-8-10-21-2/h3,5-6,11,16H,4,7-10H2,1-2H3,(H,15,17). The predicted octanol–water partition coefficient (Wildman–Crippen LogP) is 0.378. The van der Waals surface area contributed by atoms with Crippen LogP contribution in [0, 0.1) is 0 Å². The molecular weight excluding hydrogens is 308 g/mol. The van der Waals surface area contributed by atoms with Crippen LogP contribution in [0.4, 0.5) is 0 Å². The molecule has 1 aromatic carbocycles. The topological polar surface area (TPSA) is 93.7 Å². The second kappa shape index (κ2) is 9.52. The number of benzene rings is 1. The van der Waals surface area contributed by atoms with E-state index in [1.807, 2.05) is 0 Å². The largest absolute Gasteiger partial charge is 0.385 e. The van der Waals surface area contributed by atoms with Gasteiger partial charge in [-0.2, -0.15) is 0 Å². The zero-order valence-electron chi connectivity index (χ0n) is 12.8. The van der Waals surface area contributed by atoms with Gasteiger partial charge in [-0.25, -0.2) is 13.1 Å². The molecule has 0 spiro atoms. The van der Waals surface area contributed by atoms with E-state index in [1.165, 1.54) is 25.3 Å². The summed E-state index contributed by atoms with van der Waals surface area (Å²) in [5.41, 5.74) is 0.298. The molecule has 0 saturated heterocycles. The Morgan fingerprint density at radius 2 is 1.86 bits per heavy atom. The summed E-state index contributed by atoms with van der Waals surface area (Å²) in [5.74, 6) is -0.315. The summed E-state index contributed by atoms with van der Waals surface area (Å²) in [6.45, 7) is 1.47. The first-order chi connectivity index (χ1) is 10.5. The molecule has 1 rings (SSSR count). The van der Waals surface area contributed by atoms with Crippen molar-refractivity contribution in [3.63, 3.8) is 0 Å². The van der Waals surface area contributed by atoms with Crippen molar-refractivity contribution in [1.82, 2.24) is 10.0 Å². The Labute approximate surface area is 131 Å². The van der Waals surface area contributed by atoms with Crippen LogP contribution in [0.3, 0.4) is 0 Å². The Bertz CT molecular complexity index is 574. The van der Waals surface area contributed by atoms with E-state index in [9.17, 15) is 13.2 Å². The van der Waals surface area contributed by atoms with Crippen LogP contribution in [0.1, 0.15) is 16.8 Å². The van der Waals surface area contributed by atoms with Gasteiger partial charge in [-0.05, 0) is 24.6 Å². The SMILES string of the molecule is COCCCNC(=O)c1cccc(S(=O)(=O)NCCOC)c1. The molecule has 1 aromatic rings. The molecule has 22 heavy (non-hydrogen) atoms. The number of carbonyl (C=O) groups excluding carboxylic acids is 1. The third-order valence-electron chi connectivity index (χ3n) is 2.82. The second-order valence-corrected chi connectivity index (χ2v) is 6.29. The molecule has 0 aliphatic heterocycles. The number of nitrogens with one attached hydrogen (secondary N) is 2. The lowest BCUT2D eigenvalue weighted by atomic mass is 10.2. The number of hydrogen-bond acceptors (Lipinski definition) is 5. The summed E-state index contributed by atoms with van der Waals surface area (Å²) in [4.78, 5) is 12.0. The number of hydrogen-bond donors (Lipinski definition) is 2. The van der Waals surface area contributed by atoms with Gasteiger partial charge in [0.15, 0.2) is 0 Å². The molecule has 0 fully saturated rings. The van der Waals surface area contributed by atoms with Crippen molar-refractivity contribution >= 4 is 15.9 Å². The highest BCUT2D eigenvalue weighted by atomic mass is 32.2. The number of ether oxygens (including phenoxy) is 2. The highest BCUT2D eigenvalue weighted by Crippen LogP contribution is 2.11. The maximum atomic E-state index is 12.1. The minimum absolute atomic E-state index is 0.0492. The Balaban J connectivity index is 2.70. The van der Waals surface area contributed by atoms with Crippen LogP contribution < -0.4 is 10.0 Å². The van der Waals surface area contributed by atoms with E-state index in [0.717, 1.165) is 0 Å². The van der Waals surface area contributed by atoms with Crippen molar-refractivity contribution in [2.75, 3.05) is 40.5 Å². The van der Waals surface area contributed by atoms with E-state index in [-0.39, 0.29) is 24.0 Å². The maximum absolute atomic E-state index is 12.1. The van der Waals surface area contributed by atoms with Crippen LogP contribution in [0.25, 0.3) is 0 Å². The third kappa shape index (κ3) is 6.10. The smallest absolute Gasteiger partial charge is 0.251 e. The van der Waals surface area contributed by atoms with Gasteiger partial charge in [0, 0.05) is 39.5 Å². The lowest BCUT2D eigenvalue weighted by Gasteiger charge is -2.09. The van der Waals surface area contributed by atoms with E-state index < -0.39 is 10.0 Å². The molecule has 124 valence electrons. The van der Waals surface area contributed by atoms with Crippen LogP contribution in [-0.2, 0) is 19.5 Å². The molecule has 8 heteroatoms. The average Bonchev–Trinajstić information content (AvgIpc) is 2.51. The minimum Gasteiger partial charge on any atom is -0.385 e. The summed E-state index contributed by atoms with van der Waals surface area (Å²) in [5, 5.41) is 2.71. The van der Waals surface area contributed by atoms with Gasteiger partial charge in [0.2, 0.25) is 10.0 Å². The molecule has 0 aliphatic carbocycles. The molecule has 2 N–H and O–H groups in total. The highest BCUT2D eigenvalue weighted by molar-refractivity contribution is 7.89. The van der Waals surface area contributed by atoms with Gasteiger partial charge in [-0.15, -0.1) is 0 Å². The molecule has 0 unspecified atom stereocenters. The highest BCUT2D eigenvalue weighted by Gasteiger charge is 2.15. The molecule has 0 aliphatic rings. The lowest BCUT2D eigenvalue weighted by molar-refractivity contribution is 0.0948. The van der Waals surface area contributed by atoms with Gasteiger partial charge in [0.25, 0.3) is 5.91 Å². The summed E-state index contributed by atoms with van der Waals surface area (Å²) in [6.07, 6.45) is 0.693. The van der Waals surface area contributed by atoms with Crippen molar-refractivity contribution in [3.05, 3.63) is 29.8 Å². The lowest BCUT2D eigenvalue weighted by Crippen LogP contribution is -2.28. The van der Waals surface area contributed by atoms with Crippen LogP contribution in [0.2, 0.25) is 0 Å². The van der Waals surface area contributed by atoms with Gasteiger partial charge in [-0.1, -0.05) is 6.07 Å². The molecule has 7 nitrogen and oxygen atoms in total. The summed E-state index contributed by atoms with van der Waals surface area (Å²) >= 11 is 0. The van der Waals surface area contributed by atoms with Gasteiger partial charge >= 0.3 is 0 Å². The second-order valence-electron chi connectivity index (χ2n) is 4.52. The zero-order valence-corrected chi connectivity index (χ0v) is 13.6. The molecule has 1 amide bonds. The molecule has 0 radical (unpaired) electrons. The van der Waals surface area contributed by atoms with Crippen molar-refractivity contribution < 1.29 is 22.7 Å². The van der Waals surface area contributed by atoms with Crippen LogP contribution in [0.15, 0.2) is 29.2 Å². The molecule has 0 bridgehead atoms. The fourth-order valence-corrected chi connectivity index (χ4v) is 2.74. The first-order valence-electron chi connectivity index (χ1n) is 6.87. The molecule has 0 heterocycles. The number of sulfonamides is 1. The summed E-state index contributed by atoms with van der Waals surface area (Å²) in [7, 11) is -0.569. The number of carbonyl (C=O) groups is 1. The summed E-state index contributed by atoms with van der Waals surface area (Å²) in [6, 6.07) is 5.90. The number of rotatable bonds is 10. The van der Waals surface area contributed by atoms with Crippen LogP contribution >= 0.6 is 0 Å². The summed E-state index contributed by atoms with van der Waals surface area (Å²) < 4.78 is 36.2. The Hall–Kier alpha value is -1.48. The monoisotopic (exact) mass is 330 g/mol. The molecular formula is C14H22N2O5S. The fraction of sp³-hybridized carbons (Fsp3) is 0.500. The van der Waals surface area contributed by atoms with Crippen LogP contribution in [-0.4, -0.2) is 54.8 Å². The number of amides is 1. The first-order valence-corrected chi connectivity index (χ1v) is 8.35. The van der Waals surface area contributed by atoms with E-state index in [4.69, 9.17) is 9.47 Å². The minimum atomic E-state index is -3.65. The van der Waals surface area contributed by atoms with Gasteiger partial charge in [0.05, 0.1) is 11.5 Å². The number of methoxy groups -OCH3 is 2. The quantitative estimate of drug-likeness (QED) is 0.605. The van der Waals surface area contributed by atoms with E-state index in [1.54, 1.807) is 13.2 Å². The van der Waals surface area contributed by atoms with E-state index >= 15 is 0 Å². The average molecular weight is 330 g/mol. The molecule has 0 atom stereocenters. The van der Waals surface area contributed by atoms with Gasteiger partial charge in [-0.3, -0.25) is 4.79 Å². The van der Waals surface area contributed by atoms with Crippen molar-refractivity contribution in [1.29, 1.82) is 0 Å². The third-order valence-corrected chi connectivity index (χ3v) is 4.27. The van der Waals surface area contributed by atoms with E-state index in [2.05, 4.69) is 10.0 Å². The van der Waals surface area contributed by atoms with Crippen molar-refractivity contribution in [3.8, 4) is 0 Å². The first kappa shape index (κ1) is 18.6. The zero-order chi connectivity index (χ0) is 16.4.